The van der Waals surface area contributed by atoms with Gasteiger partial charge in [-0.2, -0.15) is 0 Å². The summed E-state index contributed by atoms with van der Waals surface area (Å²) in [5.41, 5.74) is 1.66. The first-order valence-corrected chi connectivity index (χ1v) is 11.2. The molecule has 2 aromatic rings. The number of aryl methyl sites for hydroxylation is 3. The Morgan fingerprint density at radius 3 is 2.41 bits per heavy atom. The molecule has 32 heavy (non-hydrogen) atoms. The van der Waals surface area contributed by atoms with E-state index >= 15 is 0 Å². The number of aromatic nitrogens is 2. The topological polar surface area (TPSA) is 140 Å². The summed E-state index contributed by atoms with van der Waals surface area (Å²) in [5.74, 6) is -1.19. The Labute approximate surface area is 186 Å². The maximum atomic E-state index is 12.1. The lowest BCUT2D eigenvalue weighted by atomic mass is 10.2. The van der Waals surface area contributed by atoms with Crippen LogP contribution in [0.15, 0.2) is 35.5 Å². The van der Waals surface area contributed by atoms with Crippen LogP contribution in [0.2, 0.25) is 0 Å². The molecule has 2 rings (SSSR count). The third-order valence-corrected chi connectivity index (χ3v) is 5.81. The zero-order chi connectivity index (χ0) is 23.9. The Kier molecular flexibility index (Phi) is 8.49. The number of imidazole rings is 1. The van der Waals surface area contributed by atoms with Gasteiger partial charge in [0.1, 0.15) is 5.82 Å². The first-order chi connectivity index (χ1) is 15.0. The predicted molar refractivity (Wildman–Crippen MR) is 116 cm³/mol. The second kappa shape index (κ2) is 10.9. The lowest BCUT2D eigenvalue weighted by molar-refractivity contribution is -0.151. The number of nitrogens with one attached hydrogen (secondary N) is 2. The Morgan fingerprint density at radius 1 is 1.16 bits per heavy atom. The van der Waals surface area contributed by atoms with Gasteiger partial charge < -0.3 is 19.5 Å². The largest absolute Gasteiger partial charge is 0.456 e. The number of hydrogen-bond donors (Lipinski definition) is 2. The summed E-state index contributed by atoms with van der Waals surface area (Å²) in [6.07, 6.45) is 1.09. The van der Waals surface area contributed by atoms with Gasteiger partial charge in [-0.1, -0.05) is 17.7 Å². The maximum absolute atomic E-state index is 12.1. The summed E-state index contributed by atoms with van der Waals surface area (Å²) in [6, 6.07) is 7.20. The summed E-state index contributed by atoms with van der Waals surface area (Å²) < 4.78 is 33.0. The van der Waals surface area contributed by atoms with Crippen LogP contribution < -0.4 is 10.0 Å². The summed E-state index contributed by atoms with van der Waals surface area (Å²) >= 11 is 0. The number of likely N-dealkylation sites (N-methyl/N-ethyl adjacent to an activating group) is 1. The van der Waals surface area contributed by atoms with Crippen molar-refractivity contribution < 1.29 is 27.5 Å². The molecule has 0 fully saturated rings. The van der Waals surface area contributed by atoms with E-state index in [1.54, 1.807) is 30.7 Å². The molecule has 1 aromatic carbocycles. The van der Waals surface area contributed by atoms with Crippen LogP contribution in [0.4, 0.5) is 5.69 Å². The normalized spacial score (nSPS) is 11.1. The predicted octanol–water partition coefficient (Wildman–Crippen LogP) is 0.346. The molecule has 11 nitrogen and oxygen atoms in total. The van der Waals surface area contributed by atoms with Crippen LogP contribution in [0.25, 0.3) is 0 Å². The average molecular weight is 466 g/mol. The number of sulfonamides is 1. The molecule has 174 valence electrons. The standard InChI is InChI=1S/C20H27N5O6S/c1-14-5-7-16(8-6-14)23-17(26)11-25(4)19(27)13-31-20(28)9-10-21-32(29,30)18-12-24(3)15(2)22-18/h5-8,12,21H,9-11,13H2,1-4H3,(H,23,26). The highest BCUT2D eigenvalue weighted by molar-refractivity contribution is 7.89. The smallest absolute Gasteiger partial charge is 0.307 e. The van der Waals surface area contributed by atoms with E-state index in [4.69, 9.17) is 4.74 Å². The number of carbonyl (C=O) groups is 3. The fraction of sp³-hybridized carbons (Fsp3) is 0.400. The number of hydrogen-bond acceptors (Lipinski definition) is 7. The Hall–Kier alpha value is -3.25. The van der Waals surface area contributed by atoms with Gasteiger partial charge in [-0.15, -0.1) is 0 Å². The molecule has 1 aromatic heterocycles. The van der Waals surface area contributed by atoms with Crippen molar-refractivity contribution in [2.24, 2.45) is 7.05 Å². The second-order valence-electron chi connectivity index (χ2n) is 7.21. The van der Waals surface area contributed by atoms with Crippen LogP contribution in [0.3, 0.4) is 0 Å². The van der Waals surface area contributed by atoms with Gasteiger partial charge in [0, 0.05) is 32.5 Å². The maximum Gasteiger partial charge on any atom is 0.307 e. The highest BCUT2D eigenvalue weighted by atomic mass is 32.2. The van der Waals surface area contributed by atoms with E-state index in [1.165, 1.54) is 13.2 Å². The van der Waals surface area contributed by atoms with Crippen molar-refractivity contribution in [1.82, 2.24) is 19.2 Å². The minimum atomic E-state index is -3.85. The van der Waals surface area contributed by atoms with Crippen LogP contribution in [-0.4, -0.2) is 67.4 Å². The number of benzene rings is 1. The van der Waals surface area contributed by atoms with Gasteiger partial charge >= 0.3 is 5.97 Å². The van der Waals surface area contributed by atoms with Crippen LogP contribution in [0.5, 0.6) is 0 Å². The number of carbonyl (C=O) groups excluding carboxylic acids is 3. The van der Waals surface area contributed by atoms with E-state index in [1.807, 2.05) is 19.1 Å². The third-order valence-electron chi connectivity index (χ3n) is 4.48. The molecule has 0 atom stereocenters. The van der Waals surface area contributed by atoms with Crippen LogP contribution in [0, 0.1) is 13.8 Å². The molecule has 2 N–H and O–H groups in total. The molecule has 2 amide bonds. The average Bonchev–Trinajstić information content (AvgIpc) is 3.07. The van der Waals surface area contributed by atoms with Crippen molar-refractivity contribution in [2.45, 2.75) is 25.3 Å². The summed E-state index contributed by atoms with van der Waals surface area (Å²) in [5, 5.41) is 2.52. The lowest BCUT2D eigenvalue weighted by Gasteiger charge is -2.17. The van der Waals surface area contributed by atoms with Gasteiger partial charge in [0.15, 0.2) is 11.6 Å². The molecule has 0 spiro atoms. The van der Waals surface area contributed by atoms with Crippen molar-refractivity contribution in [2.75, 3.05) is 32.1 Å². The Bertz CT molecular complexity index is 1060. The highest BCUT2D eigenvalue weighted by Crippen LogP contribution is 2.09. The van der Waals surface area contributed by atoms with Gasteiger partial charge in [-0.3, -0.25) is 14.4 Å². The third kappa shape index (κ3) is 7.46. The van der Waals surface area contributed by atoms with E-state index in [9.17, 15) is 22.8 Å². The van der Waals surface area contributed by atoms with Crippen LogP contribution >= 0.6 is 0 Å². The fourth-order valence-electron chi connectivity index (χ4n) is 2.48. The minimum Gasteiger partial charge on any atom is -0.456 e. The number of anilines is 1. The molecule has 0 aliphatic carbocycles. The molecule has 0 unspecified atom stereocenters. The van der Waals surface area contributed by atoms with Crippen molar-refractivity contribution >= 4 is 33.5 Å². The Morgan fingerprint density at radius 2 is 1.81 bits per heavy atom. The van der Waals surface area contributed by atoms with E-state index in [2.05, 4.69) is 15.0 Å². The van der Waals surface area contributed by atoms with Crippen molar-refractivity contribution in [3.63, 3.8) is 0 Å². The summed E-state index contributed by atoms with van der Waals surface area (Å²) in [4.78, 5) is 41.0. The first kappa shape index (κ1) is 25.0. The van der Waals surface area contributed by atoms with Crippen molar-refractivity contribution in [3.8, 4) is 0 Å². The number of esters is 1. The zero-order valence-electron chi connectivity index (χ0n) is 18.4. The monoisotopic (exact) mass is 465 g/mol. The number of nitrogens with zero attached hydrogens (tertiary/aromatic N) is 3. The summed E-state index contributed by atoms with van der Waals surface area (Å²) in [7, 11) is -0.777. The van der Waals surface area contributed by atoms with E-state index in [0.717, 1.165) is 10.5 Å². The molecule has 1 heterocycles. The molecular formula is C20H27N5O6S. The number of ether oxygens (including phenoxy) is 1. The summed E-state index contributed by atoms with van der Waals surface area (Å²) in [6.45, 7) is 2.61. The molecule has 0 saturated heterocycles. The second-order valence-corrected chi connectivity index (χ2v) is 8.92. The molecule has 0 aliphatic rings. The lowest BCUT2D eigenvalue weighted by Crippen LogP contribution is -2.37. The Balaban J connectivity index is 1.70. The molecule has 0 bridgehead atoms. The molecular weight excluding hydrogens is 438 g/mol. The quantitative estimate of drug-likeness (QED) is 0.483. The van der Waals surface area contributed by atoms with Crippen LogP contribution in [0.1, 0.15) is 17.8 Å². The molecule has 0 saturated carbocycles. The van der Waals surface area contributed by atoms with E-state index < -0.39 is 34.4 Å². The van der Waals surface area contributed by atoms with Gasteiger partial charge in [0.25, 0.3) is 15.9 Å². The molecule has 0 radical (unpaired) electrons. The van der Waals surface area contributed by atoms with Crippen molar-refractivity contribution in [3.05, 3.63) is 41.9 Å². The molecule has 0 aliphatic heterocycles. The number of rotatable bonds is 10. The minimum absolute atomic E-state index is 0.147. The van der Waals surface area contributed by atoms with Gasteiger partial charge in [-0.05, 0) is 26.0 Å². The van der Waals surface area contributed by atoms with E-state index in [-0.39, 0.29) is 24.5 Å². The van der Waals surface area contributed by atoms with E-state index in [0.29, 0.717) is 11.5 Å². The number of amides is 2. The molecule has 12 heteroatoms. The highest BCUT2D eigenvalue weighted by Gasteiger charge is 2.19. The van der Waals surface area contributed by atoms with Crippen molar-refractivity contribution in [1.29, 1.82) is 0 Å². The van der Waals surface area contributed by atoms with Gasteiger partial charge in [0.2, 0.25) is 5.91 Å². The van der Waals surface area contributed by atoms with Gasteiger partial charge in [0.05, 0.1) is 13.0 Å². The zero-order valence-corrected chi connectivity index (χ0v) is 19.2. The van der Waals surface area contributed by atoms with Gasteiger partial charge in [-0.25, -0.2) is 18.1 Å². The fourth-order valence-corrected chi connectivity index (χ4v) is 3.55. The van der Waals surface area contributed by atoms with Crippen LogP contribution in [-0.2, 0) is 36.2 Å². The SMILES string of the molecule is Cc1ccc(NC(=O)CN(C)C(=O)COC(=O)CCNS(=O)(=O)c2cn(C)c(C)n2)cc1. The first-order valence-electron chi connectivity index (χ1n) is 9.73.